The minimum Gasteiger partial charge on any atom is -0.321 e. The highest BCUT2D eigenvalue weighted by molar-refractivity contribution is 6.35. The molecule has 0 saturated carbocycles. The summed E-state index contributed by atoms with van der Waals surface area (Å²) in [6.45, 7) is 3.82. The Morgan fingerprint density at radius 2 is 1.83 bits per heavy atom. The van der Waals surface area contributed by atoms with E-state index in [2.05, 4.69) is 10.3 Å². The van der Waals surface area contributed by atoms with Crippen molar-refractivity contribution in [1.82, 2.24) is 4.98 Å². The third kappa shape index (κ3) is 3.31. The van der Waals surface area contributed by atoms with Gasteiger partial charge >= 0.3 is 0 Å². The summed E-state index contributed by atoms with van der Waals surface area (Å²) >= 11 is 12.0. The maximum atomic E-state index is 12.6. The van der Waals surface area contributed by atoms with Gasteiger partial charge in [-0.25, -0.2) is 0 Å². The van der Waals surface area contributed by atoms with Crippen LogP contribution in [0.5, 0.6) is 0 Å². The predicted molar refractivity (Wildman–Crippen MR) is 95.6 cm³/mol. The van der Waals surface area contributed by atoms with Gasteiger partial charge in [0.2, 0.25) is 0 Å². The first kappa shape index (κ1) is 15.8. The van der Waals surface area contributed by atoms with Gasteiger partial charge in [0.1, 0.15) is 0 Å². The lowest BCUT2D eigenvalue weighted by Gasteiger charge is -2.10. The third-order valence-corrected chi connectivity index (χ3v) is 4.15. The molecule has 1 heterocycles. The van der Waals surface area contributed by atoms with Gasteiger partial charge in [-0.15, -0.1) is 0 Å². The highest BCUT2D eigenvalue weighted by Gasteiger charge is 2.13. The topological polar surface area (TPSA) is 42.0 Å². The number of aryl methyl sites for hydroxylation is 2. The largest absolute Gasteiger partial charge is 0.321 e. The molecule has 0 fully saturated rings. The molecule has 0 radical (unpaired) electrons. The molecule has 0 spiro atoms. The molecule has 0 saturated heterocycles. The molecular formula is C18H14Cl2N2O. The average Bonchev–Trinajstić information content (AvgIpc) is 2.50. The van der Waals surface area contributed by atoms with Gasteiger partial charge in [0.05, 0.1) is 27.5 Å². The second-order valence-electron chi connectivity index (χ2n) is 5.40. The molecular weight excluding hydrogens is 331 g/mol. The van der Waals surface area contributed by atoms with Crippen molar-refractivity contribution in [2.24, 2.45) is 0 Å². The van der Waals surface area contributed by atoms with Crippen LogP contribution in [0, 0.1) is 13.8 Å². The number of halogens is 2. The monoisotopic (exact) mass is 344 g/mol. The van der Waals surface area contributed by atoms with E-state index in [4.69, 9.17) is 23.2 Å². The smallest absolute Gasteiger partial charge is 0.257 e. The van der Waals surface area contributed by atoms with Gasteiger partial charge in [-0.3, -0.25) is 9.78 Å². The van der Waals surface area contributed by atoms with Gasteiger partial charge in [0, 0.05) is 10.4 Å². The Morgan fingerprint density at radius 3 is 2.61 bits per heavy atom. The molecule has 23 heavy (non-hydrogen) atoms. The van der Waals surface area contributed by atoms with E-state index in [0.717, 1.165) is 16.5 Å². The zero-order valence-corrected chi connectivity index (χ0v) is 14.2. The van der Waals surface area contributed by atoms with Crippen LogP contribution in [0.3, 0.4) is 0 Å². The van der Waals surface area contributed by atoms with Crippen LogP contribution in [0.15, 0.2) is 42.5 Å². The summed E-state index contributed by atoms with van der Waals surface area (Å²) in [4.78, 5) is 17.1. The van der Waals surface area contributed by atoms with Gasteiger partial charge in [0.25, 0.3) is 5.91 Å². The maximum absolute atomic E-state index is 12.6. The highest BCUT2D eigenvalue weighted by atomic mass is 35.5. The standard InChI is InChI=1S/C18H14Cl2N2O/c1-10-3-6-16-12(7-10)8-14(11(2)21-16)18(23)22-17-9-13(19)4-5-15(17)20/h3-9H,1-2H3,(H,22,23). The Labute approximate surface area is 144 Å². The number of nitrogens with zero attached hydrogens (tertiary/aromatic N) is 1. The van der Waals surface area contributed by atoms with E-state index >= 15 is 0 Å². The highest BCUT2D eigenvalue weighted by Crippen LogP contribution is 2.26. The number of aromatic nitrogens is 1. The van der Waals surface area contributed by atoms with Crippen LogP contribution in [0.4, 0.5) is 5.69 Å². The Hall–Kier alpha value is -2.10. The van der Waals surface area contributed by atoms with Crippen molar-refractivity contribution in [1.29, 1.82) is 0 Å². The SMILES string of the molecule is Cc1ccc2nc(C)c(C(=O)Nc3cc(Cl)ccc3Cl)cc2c1. The number of amides is 1. The number of carbonyl (C=O) groups excluding carboxylic acids is 1. The van der Waals surface area contributed by atoms with Crippen molar-refractivity contribution >= 4 is 45.7 Å². The molecule has 1 amide bonds. The van der Waals surface area contributed by atoms with Crippen molar-refractivity contribution in [3.8, 4) is 0 Å². The van der Waals surface area contributed by atoms with Gasteiger partial charge in [-0.05, 0) is 50.2 Å². The van der Waals surface area contributed by atoms with Gasteiger partial charge in [0.15, 0.2) is 0 Å². The zero-order chi connectivity index (χ0) is 16.6. The van der Waals surface area contributed by atoms with Crippen LogP contribution in [0.2, 0.25) is 10.0 Å². The molecule has 0 atom stereocenters. The third-order valence-electron chi connectivity index (χ3n) is 3.58. The van der Waals surface area contributed by atoms with Gasteiger partial charge < -0.3 is 5.32 Å². The molecule has 0 aliphatic carbocycles. The number of carbonyl (C=O) groups is 1. The number of rotatable bonds is 2. The minimum atomic E-state index is -0.262. The first-order valence-electron chi connectivity index (χ1n) is 7.08. The predicted octanol–water partition coefficient (Wildman–Crippen LogP) is 5.41. The quantitative estimate of drug-likeness (QED) is 0.675. The summed E-state index contributed by atoms with van der Waals surface area (Å²) in [6.07, 6.45) is 0. The number of nitrogens with one attached hydrogen (secondary N) is 1. The van der Waals surface area contributed by atoms with Crippen LogP contribution >= 0.6 is 23.2 Å². The van der Waals surface area contributed by atoms with Crippen LogP contribution in [0.1, 0.15) is 21.6 Å². The summed E-state index contributed by atoms with van der Waals surface area (Å²) in [5.74, 6) is -0.262. The summed E-state index contributed by atoms with van der Waals surface area (Å²) in [5, 5.41) is 4.66. The molecule has 0 bridgehead atoms. The van der Waals surface area contributed by atoms with Crippen molar-refractivity contribution < 1.29 is 4.79 Å². The van der Waals surface area contributed by atoms with Crippen molar-refractivity contribution in [3.05, 3.63) is 69.3 Å². The summed E-state index contributed by atoms with van der Waals surface area (Å²) in [6, 6.07) is 12.7. The first-order valence-corrected chi connectivity index (χ1v) is 7.84. The molecule has 3 rings (SSSR count). The lowest BCUT2D eigenvalue weighted by molar-refractivity contribution is 0.102. The number of hydrogen-bond acceptors (Lipinski definition) is 2. The van der Waals surface area contributed by atoms with E-state index in [9.17, 15) is 4.79 Å². The molecule has 1 N–H and O–H groups in total. The fourth-order valence-corrected chi connectivity index (χ4v) is 2.74. The lowest BCUT2D eigenvalue weighted by atomic mass is 10.1. The average molecular weight is 345 g/mol. The number of benzene rings is 2. The first-order chi connectivity index (χ1) is 10.9. The summed E-state index contributed by atoms with van der Waals surface area (Å²) in [7, 11) is 0. The van der Waals surface area contributed by atoms with E-state index in [1.54, 1.807) is 18.2 Å². The zero-order valence-electron chi connectivity index (χ0n) is 12.7. The second kappa shape index (κ2) is 6.19. The fraction of sp³-hybridized carbons (Fsp3) is 0.111. The lowest BCUT2D eigenvalue weighted by Crippen LogP contribution is -2.14. The Balaban J connectivity index is 2.00. The fourth-order valence-electron chi connectivity index (χ4n) is 2.41. The van der Waals surface area contributed by atoms with Crippen molar-refractivity contribution in [3.63, 3.8) is 0 Å². The minimum absolute atomic E-state index is 0.262. The number of hydrogen-bond donors (Lipinski definition) is 1. The van der Waals surface area contributed by atoms with Crippen LogP contribution in [0.25, 0.3) is 10.9 Å². The van der Waals surface area contributed by atoms with Crippen molar-refractivity contribution in [2.45, 2.75) is 13.8 Å². The summed E-state index contributed by atoms with van der Waals surface area (Å²) in [5.41, 5.74) is 3.64. The molecule has 3 aromatic rings. The van der Waals surface area contributed by atoms with E-state index in [0.29, 0.717) is 27.0 Å². The molecule has 116 valence electrons. The van der Waals surface area contributed by atoms with Crippen LogP contribution in [-0.2, 0) is 0 Å². The van der Waals surface area contributed by atoms with Crippen LogP contribution < -0.4 is 5.32 Å². The van der Waals surface area contributed by atoms with Crippen molar-refractivity contribution in [2.75, 3.05) is 5.32 Å². The number of fused-ring (bicyclic) bond motifs is 1. The number of anilines is 1. The van der Waals surface area contributed by atoms with E-state index in [-0.39, 0.29) is 5.91 Å². The molecule has 5 heteroatoms. The molecule has 2 aromatic carbocycles. The van der Waals surface area contributed by atoms with Crippen LogP contribution in [-0.4, -0.2) is 10.9 Å². The Morgan fingerprint density at radius 1 is 1.04 bits per heavy atom. The second-order valence-corrected chi connectivity index (χ2v) is 6.24. The molecule has 1 aromatic heterocycles. The maximum Gasteiger partial charge on any atom is 0.257 e. The Kier molecular flexibility index (Phi) is 4.24. The van der Waals surface area contributed by atoms with E-state index in [1.165, 1.54) is 0 Å². The Bertz CT molecular complexity index is 922. The molecule has 0 aliphatic heterocycles. The van der Waals surface area contributed by atoms with Gasteiger partial charge in [-0.2, -0.15) is 0 Å². The van der Waals surface area contributed by atoms with E-state index < -0.39 is 0 Å². The normalized spacial score (nSPS) is 10.8. The summed E-state index contributed by atoms with van der Waals surface area (Å²) < 4.78 is 0. The number of pyridine rings is 1. The molecule has 0 aliphatic rings. The van der Waals surface area contributed by atoms with Gasteiger partial charge in [-0.1, -0.05) is 34.8 Å². The van der Waals surface area contributed by atoms with E-state index in [1.807, 2.05) is 38.1 Å². The molecule has 0 unspecified atom stereocenters. The molecule has 3 nitrogen and oxygen atoms in total.